The highest BCUT2D eigenvalue weighted by Crippen LogP contribution is 2.53. The quantitative estimate of drug-likeness (QED) is 0.551. The molecule has 60 valence electrons. The van der Waals surface area contributed by atoms with Crippen molar-refractivity contribution in [1.29, 1.82) is 0 Å². The Hall–Kier alpha value is 0.180. The van der Waals surface area contributed by atoms with E-state index in [4.69, 9.17) is 34.1 Å². The molecule has 0 saturated heterocycles. The first kappa shape index (κ1) is 9.27. The van der Waals surface area contributed by atoms with Crippen molar-refractivity contribution < 1.29 is 4.57 Å². The average molecular weight is 231 g/mol. The molecule has 0 aliphatic rings. The Balaban J connectivity index is 3.17. The number of rotatable bonds is 1. The number of aromatic nitrogens is 2. The zero-order valence-corrected chi connectivity index (χ0v) is 8.20. The first-order valence-electron chi connectivity index (χ1n) is 2.48. The molecule has 0 unspecified atom stereocenters. The molecular formula is C4H2Cl3N2OP. The van der Waals surface area contributed by atoms with Crippen LogP contribution in [0, 0.1) is 0 Å². The molecule has 0 atom stereocenters. The predicted octanol–water partition coefficient (Wildman–Crippen LogP) is 2.43. The van der Waals surface area contributed by atoms with Gasteiger partial charge in [0.05, 0.1) is 0 Å². The number of hydrogen-bond donors (Lipinski definition) is 0. The molecule has 1 aromatic rings. The lowest BCUT2D eigenvalue weighted by Gasteiger charge is -1.97. The summed E-state index contributed by atoms with van der Waals surface area (Å²) in [5, 5.41) is 0.163. The molecule has 3 nitrogen and oxygen atoms in total. The zero-order chi connectivity index (χ0) is 8.48. The zero-order valence-electron chi connectivity index (χ0n) is 5.04. The Morgan fingerprint density at radius 1 is 1.45 bits per heavy atom. The summed E-state index contributed by atoms with van der Waals surface area (Å²) in [6, 6.07) is 1.44. The van der Waals surface area contributed by atoms with E-state index in [0.717, 1.165) is 0 Å². The molecule has 0 saturated carbocycles. The Kier molecular flexibility index (Phi) is 2.76. The number of nitrogens with zero attached hydrogens (tertiary/aromatic N) is 2. The summed E-state index contributed by atoms with van der Waals surface area (Å²) in [5.74, 6) is -3.41. The highest BCUT2D eigenvalue weighted by Gasteiger charge is 2.20. The second-order valence-electron chi connectivity index (χ2n) is 1.64. The fraction of sp³-hybridized carbons (Fsp3) is 0. The van der Waals surface area contributed by atoms with Crippen molar-refractivity contribution >= 4 is 45.5 Å². The summed E-state index contributed by atoms with van der Waals surface area (Å²) < 4.78 is 10.9. The maximum Gasteiger partial charge on any atom is 0.317 e. The van der Waals surface area contributed by atoms with Crippen LogP contribution in [0.3, 0.4) is 0 Å². The van der Waals surface area contributed by atoms with Crippen LogP contribution < -0.4 is 5.57 Å². The normalized spacial score (nSPS) is 11.5. The van der Waals surface area contributed by atoms with E-state index in [9.17, 15) is 4.57 Å². The van der Waals surface area contributed by atoms with E-state index in [1.165, 1.54) is 12.3 Å². The monoisotopic (exact) mass is 230 g/mol. The summed E-state index contributed by atoms with van der Waals surface area (Å²) >= 11 is 16.0. The van der Waals surface area contributed by atoms with E-state index >= 15 is 0 Å². The van der Waals surface area contributed by atoms with Gasteiger partial charge in [0.25, 0.3) is 0 Å². The molecule has 0 aliphatic heterocycles. The van der Waals surface area contributed by atoms with Crippen molar-refractivity contribution in [3.63, 3.8) is 0 Å². The summed E-state index contributed by atoms with van der Waals surface area (Å²) in [4.78, 5) is 7.16. The SMILES string of the molecule is O=P(Cl)(Cl)c1nccc(Cl)n1. The minimum Gasteiger partial charge on any atom is -0.281 e. The Morgan fingerprint density at radius 3 is 2.45 bits per heavy atom. The Labute approximate surface area is 77.7 Å². The second-order valence-corrected chi connectivity index (χ2v) is 6.73. The molecule has 0 aliphatic carbocycles. The van der Waals surface area contributed by atoms with E-state index < -0.39 is 5.85 Å². The number of hydrogen-bond acceptors (Lipinski definition) is 3. The van der Waals surface area contributed by atoms with Gasteiger partial charge in [0, 0.05) is 6.20 Å². The highest BCUT2D eigenvalue weighted by atomic mass is 35.9. The predicted molar refractivity (Wildman–Crippen MR) is 46.0 cm³/mol. The molecule has 11 heavy (non-hydrogen) atoms. The Bertz CT molecular complexity index is 312. The van der Waals surface area contributed by atoms with Gasteiger partial charge in [-0.15, -0.1) is 0 Å². The molecule has 1 heterocycles. The lowest BCUT2D eigenvalue weighted by molar-refractivity contribution is 0.596. The van der Waals surface area contributed by atoms with Gasteiger partial charge in [0.1, 0.15) is 5.15 Å². The third kappa shape index (κ3) is 2.60. The third-order valence-electron chi connectivity index (χ3n) is 0.842. The van der Waals surface area contributed by atoms with Crippen LogP contribution in [0.4, 0.5) is 0 Å². The third-order valence-corrected chi connectivity index (χ3v) is 2.64. The Morgan fingerprint density at radius 2 is 2.09 bits per heavy atom. The van der Waals surface area contributed by atoms with Gasteiger partial charge in [-0.1, -0.05) is 11.6 Å². The molecule has 0 amide bonds. The average Bonchev–Trinajstić information content (AvgIpc) is 1.86. The highest BCUT2D eigenvalue weighted by molar-refractivity contribution is 8.13. The lowest BCUT2D eigenvalue weighted by Crippen LogP contribution is -2.08. The first-order chi connectivity index (χ1) is 5.00. The van der Waals surface area contributed by atoms with Crippen LogP contribution in [0.15, 0.2) is 12.3 Å². The van der Waals surface area contributed by atoms with Crippen molar-refractivity contribution in [2.75, 3.05) is 0 Å². The van der Waals surface area contributed by atoms with E-state index in [1.54, 1.807) is 0 Å². The lowest BCUT2D eigenvalue weighted by atomic mass is 10.7. The van der Waals surface area contributed by atoms with Crippen molar-refractivity contribution in [2.45, 2.75) is 0 Å². The minimum atomic E-state index is -3.41. The minimum absolute atomic E-state index is 0.131. The molecular weight excluding hydrogens is 229 g/mol. The van der Waals surface area contributed by atoms with Gasteiger partial charge in [-0.3, -0.25) is 4.57 Å². The number of halogens is 3. The van der Waals surface area contributed by atoms with Crippen molar-refractivity contribution in [3.8, 4) is 0 Å². The maximum atomic E-state index is 10.9. The van der Waals surface area contributed by atoms with Crippen LogP contribution in [-0.4, -0.2) is 9.97 Å². The van der Waals surface area contributed by atoms with Crippen LogP contribution in [-0.2, 0) is 4.57 Å². The van der Waals surface area contributed by atoms with Crippen LogP contribution in [0.5, 0.6) is 0 Å². The molecule has 7 heteroatoms. The molecule has 1 aromatic heterocycles. The summed E-state index contributed by atoms with van der Waals surface area (Å²) in [6.45, 7) is 0. The van der Waals surface area contributed by atoms with Crippen molar-refractivity contribution in [3.05, 3.63) is 17.4 Å². The standard InChI is InChI=1S/C4H2Cl3N2OP/c5-3-1-2-8-4(9-3)11(6,7)10/h1-2H. The molecule has 0 fully saturated rings. The molecule has 0 aromatic carbocycles. The fourth-order valence-corrected chi connectivity index (χ4v) is 1.56. The van der Waals surface area contributed by atoms with E-state index in [2.05, 4.69) is 9.97 Å². The van der Waals surface area contributed by atoms with Crippen LogP contribution in [0.2, 0.25) is 5.15 Å². The van der Waals surface area contributed by atoms with E-state index in [1.807, 2.05) is 0 Å². The van der Waals surface area contributed by atoms with Crippen molar-refractivity contribution in [1.82, 2.24) is 9.97 Å². The van der Waals surface area contributed by atoms with Gasteiger partial charge in [-0.05, 0) is 28.5 Å². The van der Waals surface area contributed by atoms with Crippen LogP contribution >= 0.6 is 39.9 Å². The van der Waals surface area contributed by atoms with Crippen molar-refractivity contribution in [2.24, 2.45) is 0 Å². The van der Waals surface area contributed by atoms with Gasteiger partial charge in [-0.25, -0.2) is 9.97 Å². The molecule has 0 spiro atoms. The first-order valence-corrected chi connectivity index (χ1v) is 6.38. The summed E-state index contributed by atoms with van der Waals surface area (Å²) in [7, 11) is 0. The largest absolute Gasteiger partial charge is 0.317 e. The fourth-order valence-electron chi connectivity index (χ4n) is 0.453. The van der Waals surface area contributed by atoms with Gasteiger partial charge in [0.15, 0.2) is 0 Å². The molecule has 1 rings (SSSR count). The van der Waals surface area contributed by atoms with E-state index in [0.29, 0.717) is 0 Å². The summed E-state index contributed by atoms with van der Waals surface area (Å²) in [5.41, 5.74) is -0.131. The van der Waals surface area contributed by atoms with Gasteiger partial charge < -0.3 is 0 Å². The smallest absolute Gasteiger partial charge is 0.281 e. The molecule has 0 bridgehead atoms. The maximum absolute atomic E-state index is 10.9. The summed E-state index contributed by atoms with van der Waals surface area (Å²) in [6.07, 6.45) is 1.34. The topological polar surface area (TPSA) is 42.9 Å². The van der Waals surface area contributed by atoms with Gasteiger partial charge in [0.2, 0.25) is 5.57 Å². The van der Waals surface area contributed by atoms with E-state index in [-0.39, 0.29) is 10.7 Å². The van der Waals surface area contributed by atoms with Gasteiger partial charge >= 0.3 is 5.85 Å². The van der Waals surface area contributed by atoms with Crippen LogP contribution in [0.1, 0.15) is 0 Å². The molecule has 0 radical (unpaired) electrons. The van der Waals surface area contributed by atoms with Crippen LogP contribution in [0.25, 0.3) is 0 Å². The van der Waals surface area contributed by atoms with Gasteiger partial charge in [-0.2, -0.15) is 0 Å². The second kappa shape index (κ2) is 3.28. The molecule has 0 N–H and O–H groups in total.